The molecule has 0 saturated heterocycles. The molecule has 0 aliphatic heterocycles. The molecule has 128 valence electrons. The Labute approximate surface area is 149 Å². The van der Waals surface area contributed by atoms with E-state index in [-0.39, 0.29) is 11.1 Å². The number of esters is 1. The van der Waals surface area contributed by atoms with Crippen LogP contribution in [-0.4, -0.2) is 22.5 Å². The average molecular weight is 358 g/mol. The van der Waals surface area contributed by atoms with Gasteiger partial charge in [-0.15, -0.1) is 0 Å². The maximum atomic E-state index is 12.2. The van der Waals surface area contributed by atoms with Crippen LogP contribution in [-0.2, 0) is 11.3 Å². The third-order valence-electron chi connectivity index (χ3n) is 3.71. The molecule has 0 amide bonds. The maximum Gasteiger partial charge on any atom is 0.339 e. The largest absolute Gasteiger partial charge is 0.465 e. The van der Waals surface area contributed by atoms with E-state index in [0.717, 1.165) is 5.56 Å². The second-order valence-electron chi connectivity index (χ2n) is 5.56. The normalized spacial score (nSPS) is 10.7. The number of carbonyl (C=O) groups excluding carboxylic acids is 1. The predicted octanol–water partition coefficient (Wildman–Crippen LogP) is 3.06. The molecule has 0 fully saturated rings. The number of fused-ring (bicyclic) bond motifs is 1. The summed E-state index contributed by atoms with van der Waals surface area (Å²) in [5.41, 5.74) is 2.98. The van der Waals surface area contributed by atoms with Gasteiger partial charge in [0.2, 0.25) is 0 Å². The van der Waals surface area contributed by atoms with Crippen molar-refractivity contribution >= 4 is 28.9 Å². The van der Waals surface area contributed by atoms with E-state index in [4.69, 9.17) is 16.3 Å². The van der Waals surface area contributed by atoms with Crippen LogP contribution in [0.3, 0.4) is 0 Å². The number of benzene rings is 1. The Kier molecular flexibility index (Phi) is 4.72. The smallest absolute Gasteiger partial charge is 0.339 e. The van der Waals surface area contributed by atoms with E-state index in [9.17, 15) is 9.59 Å². The minimum absolute atomic E-state index is 0.142. The van der Waals surface area contributed by atoms with Crippen LogP contribution in [0.2, 0.25) is 5.02 Å². The van der Waals surface area contributed by atoms with E-state index in [1.807, 2.05) is 13.0 Å². The van der Waals surface area contributed by atoms with Crippen LogP contribution in [0.5, 0.6) is 0 Å². The standard InChI is InChI=1S/C18H16ClN3O3/c1-11-3-6-16-21-13(8-17(23)22(16)10-11)9-20-12-4-5-15(19)14(7-12)18(24)25-2/h3-8,10,20H,9H2,1-2H3. The number of nitrogens with one attached hydrogen (secondary N) is 1. The molecule has 2 aromatic heterocycles. The van der Waals surface area contributed by atoms with Gasteiger partial charge in [0.1, 0.15) is 5.65 Å². The second kappa shape index (κ2) is 6.94. The second-order valence-corrected chi connectivity index (χ2v) is 5.97. The molecule has 0 spiro atoms. The van der Waals surface area contributed by atoms with Crippen molar-refractivity contribution in [2.24, 2.45) is 0 Å². The molecule has 3 rings (SSSR count). The number of methoxy groups -OCH3 is 1. The van der Waals surface area contributed by atoms with Gasteiger partial charge >= 0.3 is 5.97 Å². The number of pyridine rings is 1. The number of halogens is 1. The van der Waals surface area contributed by atoms with Gasteiger partial charge in [-0.1, -0.05) is 17.7 Å². The number of hydrogen-bond donors (Lipinski definition) is 1. The average Bonchev–Trinajstić information content (AvgIpc) is 2.61. The van der Waals surface area contributed by atoms with Crippen LogP contribution in [0.1, 0.15) is 21.6 Å². The first-order valence-corrected chi connectivity index (χ1v) is 7.96. The first kappa shape index (κ1) is 17.0. The van der Waals surface area contributed by atoms with E-state index in [1.54, 1.807) is 30.5 Å². The minimum Gasteiger partial charge on any atom is -0.465 e. The molecule has 0 bridgehead atoms. The van der Waals surface area contributed by atoms with Crippen molar-refractivity contribution in [2.45, 2.75) is 13.5 Å². The number of rotatable bonds is 4. The summed E-state index contributed by atoms with van der Waals surface area (Å²) in [6.45, 7) is 2.25. The molecule has 2 heterocycles. The highest BCUT2D eigenvalue weighted by molar-refractivity contribution is 6.33. The summed E-state index contributed by atoms with van der Waals surface area (Å²) >= 11 is 6.00. The summed E-state index contributed by atoms with van der Waals surface area (Å²) in [4.78, 5) is 28.4. The molecule has 0 unspecified atom stereocenters. The molecule has 3 aromatic rings. The van der Waals surface area contributed by atoms with E-state index >= 15 is 0 Å². The Balaban J connectivity index is 1.84. The van der Waals surface area contributed by atoms with Gasteiger partial charge in [-0.05, 0) is 36.8 Å². The molecule has 25 heavy (non-hydrogen) atoms. The first-order chi connectivity index (χ1) is 12.0. The van der Waals surface area contributed by atoms with Gasteiger partial charge in [0, 0.05) is 18.0 Å². The van der Waals surface area contributed by atoms with E-state index < -0.39 is 5.97 Å². The lowest BCUT2D eigenvalue weighted by atomic mass is 10.2. The summed E-state index contributed by atoms with van der Waals surface area (Å²) in [5, 5.41) is 3.45. The minimum atomic E-state index is -0.508. The summed E-state index contributed by atoms with van der Waals surface area (Å²) in [6, 6.07) is 10.1. The van der Waals surface area contributed by atoms with Crippen molar-refractivity contribution in [2.75, 3.05) is 12.4 Å². The SMILES string of the molecule is COC(=O)c1cc(NCc2cc(=O)n3cc(C)ccc3n2)ccc1Cl. The van der Waals surface area contributed by atoms with Gasteiger partial charge in [-0.3, -0.25) is 9.20 Å². The van der Waals surface area contributed by atoms with Crippen LogP contribution >= 0.6 is 11.6 Å². The Hall–Kier alpha value is -2.86. The monoisotopic (exact) mass is 357 g/mol. The van der Waals surface area contributed by atoms with Crippen molar-refractivity contribution in [3.63, 3.8) is 0 Å². The fourth-order valence-electron chi connectivity index (χ4n) is 2.44. The summed E-state index contributed by atoms with van der Waals surface area (Å²) in [7, 11) is 1.30. The number of anilines is 1. The van der Waals surface area contributed by atoms with Crippen LogP contribution in [0.4, 0.5) is 5.69 Å². The molecule has 6 nitrogen and oxygen atoms in total. The van der Waals surface area contributed by atoms with Gasteiger partial charge in [0.25, 0.3) is 5.56 Å². The number of aromatic nitrogens is 2. The van der Waals surface area contributed by atoms with E-state index in [2.05, 4.69) is 10.3 Å². The van der Waals surface area contributed by atoms with Crippen molar-refractivity contribution in [1.82, 2.24) is 9.38 Å². The summed E-state index contributed by atoms with van der Waals surface area (Å²) in [6.07, 6.45) is 1.75. The first-order valence-electron chi connectivity index (χ1n) is 7.58. The molecule has 0 atom stereocenters. The third-order valence-corrected chi connectivity index (χ3v) is 4.04. The molecule has 1 N–H and O–H groups in total. The van der Waals surface area contributed by atoms with Gasteiger partial charge in [-0.25, -0.2) is 9.78 Å². The van der Waals surface area contributed by atoms with Crippen molar-refractivity contribution in [3.8, 4) is 0 Å². The molecule has 0 aliphatic rings. The van der Waals surface area contributed by atoms with Crippen LogP contribution in [0, 0.1) is 6.92 Å². The molecule has 1 aromatic carbocycles. The number of ether oxygens (including phenoxy) is 1. The third kappa shape index (κ3) is 3.64. The predicted molar refractivity (Wildman–Crippen MR) is 96.3 cm³/mol. The molecule has 0 saturated carbocycles. The fourth-order valence-corrected chi connectivity index (χ4v) is 2.64. The highest BCUT2D eigenvalue weighted by Crippen LogP contribution is 2.21. The quantitative estimate of drug-likeness (QED) is 0.726. The number of nitrogens with zero attached hydrogens (tertiary/aromatic N) is 2. The molecule has 7 heteroatoms. The van der Waals surface area contributed by atoms with Gasteiger partial charge in [0.15, 0.2) is 0 Å². The number of aryl methyl sites for hydroxylation is 1. The molecular weight excluding hydrogens is 342 g/mol. The molecule has 0 aliphatic carbocycles. The van der Waals surface area contributed by atoms with Crippen molar-refractivity contribution < 1.29 is 9.53 Å². The highest BCUT2D eigenvalue weighted by atomic mass is 35.5. The zero-order chi connectivity index (χ0) is 18.0. The van der Waals surface area contributed by atoms with E-state index in [0.29, 0.717) is 28.6 Å². The highest BCUT2D eigenvalue weighted by Gasteiger charge is 2.11. The fraction of sp³-hybridized carbons (Fsp3) is 0.167. The Morgan fingerprint density at radius 2 is 2.08 bits per heavy atom. The lowest BCUT2D eigenvalue weighted by Gasteiger charge is -2.09. The lowest BCUT2D eigenvalue weighted by molar-refractivity contribution is 0.0601. The zero-order valence-electron chi connectivity index (χ0n) is 13.7. The van der Waals surface area contributed by atoms with Crippen molar-refractivity contribution in [1.29, 1.82) is 0 Å². The Morgan fingerprint density at radius 3 is 2.84 bits per heavy atom. The maximum absolute atomic E-state index is 12.2. The molecular formula is C18H16ClN3O3. The topological polar surface area (TPSA) is 72.7 Å². The van der Waals surface area contributed by atoms with Crippen molar-refractivity contribution in [3.05, 3.63) is 74.8 Å². The zero-order valence-corrected chi connectivity index (χ0v) is 14.5. The Morgan fingerprint density at radius 1 is 1.28 bits per heavy atom. The van der Waals surface area contributed by atoms with E-state index in [1.165, 1.54) is 17.6 Å². The van der Waals surface area contributed by atoms with Gasteiger partial charge in [-0.2, -0.15) is 0 Å². The molecule has 0 radical (unpaired) electrons. The lowest BCUT2D eigenvalue weighted by Crippen LogP contribution is -2.17. The van der Waals surface area contributed by atoms with Crippen LogP contribution in [0.25, 0.3) is 5.65 Å². The number of carbonyl (C=O) groups is 1. The van der Waals surface area contributed by atoms with Crippen LogP contribution < -0.4 is 10.9 Å². The summed E-state index contributed by atoms with van der Waals surface area (Å²) < 4.78 is 6.21. The van der Waals surface area contributed by atoms with Gasteiger partial charge < -0.3 is 10.1 Å². The number of hydrogen-bond acceptors (Lipinski definition) is 5. The Bertz CT molecular complexity index is 1010. The van der Waals surface area contributed by atoms with Gasteiger partial charge in [0.05, 0.1) is 29.9 Å². The van der Waals surface area contributed by atoms with Crippen LogP contribution in [0.15, 0.2) is 47.4 Å². The summed E-state index contributed by atoms with van der Waals surface area (Å²) in [5.74, 6) is -0.508.